The molecule has 0 spiro atoms. The molecule has 0 amide bonds. The third-order valence-corrected chi connectivity index (χ3v) is 2.76. The lowest BCUT2D eigenvalue weighted by molar-refractivity contribution is 0.715. The number of benzene rings is 1. The van der Waals surface area contributed by atoms with Gasteiger partial charge in [-0.15, -0.1) is 0 Å². The quantitative estimate of drug-likeness (QED) is 0.753. The second-order valence-electron chi connectivity index (χ2n) is 4.13. The van der Waals surface area contributed by atoms with Crippen molar-refractivity contribution in [2.75, 3.05) is 18.5 Å². The van der Waals surface area contributed by atoms with E-state index >= 15 is 0 Å². The number of aryl methyl sites for hydroxylation is 1. The second kappa shape index (κ2) is 4.84. The first-order valence-corrected chi connectivity index (χ1v) is 5.23. The van der Waals surface area contributed by atoms with Crippen LogP contribution in [-0.2, 0) is 0 Å². The molecule has 0 saturated heterocycles. The van der Waals surface area contributed by atoms with Crippen LogP contribution in [0.25, 0.3) is 0 Å². The predicted molar refractivity (Wildman–Crippen MR) is 64.0 cm³/mol. The smallest absolute Gasteiger partial charge is 0.0671 e. The number of rotatable bonds is 3. The monoisotopic (exact) mass is 202 g/mol. The molecular formula is C13H18N2. The van der Waals surface area contributed by atoms with E-state index in [-0.39, 0.29) is 5.92 Å². The average Bonchev–Trinajstić information content (AvgIpc) is 2.21. The fourth-order valence-corrected chi connectivity index (χ4v) is 1.70. The summed E-state index contributed by atoms with van der Waals surface area (Å²) in [6.07, 6.45) is 0. The van der Waals surface area contributed by atoms with E-state index < -0.39 is 0 Å². The van der Waals surface area contributed by atoms with Gasteiger partial charge in [-0.1, -0.05) is 12.1 Å². The van der Waals surface area contributed by atoms with Crippen molar-refractivity contribution < 1.29 is 0 Å². The third-order valence-electron chi connectivity index (χ3n) is 2.76. The molecule has 15 heavy (non-hydrogen) atoms. The van der Waals surface area contributed by atoms with Gasteiger partial charge in [-0.3, -0.25) is 0 Å². The van der Waals surface area contributed by atoms with Gasteiger partial charge >= 0.3 is 0 Å². The zero-order valence-corrected chi connectivity index (χ0v) is 9.91. The summed E-state index contributed by atoms with van der Waals surface area (Å²) < 4.78 is 0. The Morgan fingerprint density at radius 1 is 1.40 bits per heavy atom. The maximum absolute atomic E-state index is 8.78. The summed E-state index contributed by atoms with van der Waals surface area (Å²) >= 11 is 0. The Morgan fingerprint density at radius 2 is 2.07 bits per heavy atom. The van der Waals surface area contributed by atoms with E-state index in [0.717, 1.165) is 6.54 Å². The minimum atomic E-state index is 0.0647. The molecule has 0 aliphatic heterocycles. The molecule has 0 heterocycles. The van der Waals surface area contributed by atoms with E-state index in [1.54, 1.807) is 0 Å². The van der Waals surface area contributed by atoms with Gasteiger partial charge in [0.25, 0.3) is 0 Å². The van der Waals surface area contributed by atoms with Crippen LogP contribution in [0.4, 0.5) is 5.69 Å². The topological polar surface area (TPSA) is 27.0 Å². The van der Waals surface area contributed by atoms with Crippen molar-refractivity contribution in [2.45, 2.75) is 20.8 Å². The Kier molecular flexibility index (Phi) is 3.74. The van der Waals surface area contributed by atoms with Crippen LogP contribution in [0.15, 0.2) is 18.2 Å². The Balaban J connectivity index is 2.87. The van der Waals surface area contributed by atoms with E-state index in [1.807, 2.05) is 14.0 Å². The van der Waals surface area contributed by atoms with E-state index in [1.165, 1.54) is 16.8 Å². The Morgan fingerprint density at radius 3 is 2.67 bits per heavy atom. The highest BCUT2D eigenvalue weighted by molar-refractivity contribution is 5.55. The highest BCUT2D eigenvalue weighted by Crippen LogP contribution is 2.22. The number of nitrogens with zero attached hydrogens (tertiary/aromatic N) is 2. The first kappa shape index (κ1) is 11.6. The summed E-state index contributed by atoms with van der Waals surface area (Å²) in [6.45, 7) is 6.96. The molecule has 80 valence electrons. The fourth-order valence-electron chi connectivity index (χ4n) is 1.70. The van der Waals surface area contributed by atoms with Gasteiger partial charge in [0.1, 0.15) is 0 Å². The molecule has 0 radical (unpaired) electrons. The average molecular weight is 202 g/mol. The van der Waals surface area contributed by atoms with Crippen LogP contribution in [0, 0.1) is 31.1 Å². The van der Waals surface area contributed by atoms with Crippen molar-refractivity contribution in [2.24, 2.45) is 5.92 Å². The first-order chi connectivity index (χ1) is 7.06. The predicted octanol–water partition coefficient (Wildman–Crippen LogP) is 2.90. The molecule has 0 aliphatic carbocycles. The van der Waals surface area contributed by atoms with Crippen molar-refractivity contribution >= 4 is 5.69 Å². The van der Waals surface area contributed by atoms with Gasteiger partial charge in [0.05, 0.1) is 12.0 Å². The van der Waals surface area contributed by atoms with Crippen LogP contribution >= 0.6 is 0 Å². The van der Waals surface area contributed by atoms with Crippen molar-refractivity contribution in [1.82, 2.24) is 0 Å². The highest BCUT2D eigenvalue weighted by atomic mass is 15.1. The van der Waals surface area contributed by atoms with Gasteiger partial charge < -0.3 is 4.90 Å². The van der Waals surface area contributed by atoms with Crippen molar-refractivity contribution in [3.8, 4) is 6.07 Å². The van der Waals surface area contributed by atoms with Crippen LogP contribution in [-0.4, -0.2) is 13.6 Å². The third kappa shape index (κ3) is 2.73. The molecule has 1 aromatic carbocycles. The van der Waals surface area contributed by atoms with Crippen LogP contribution < -0.4 is 4.90 Å². The molecule has 0 aliphatic rings. The minimum absolute atomic E-state index is 0.0647. The summed E-state index contributed by atoms with van der Waals surface area (Å²) in [5, 5.41) is 8.78. The second-order valence-corrected chi connectivity index (χ2v) is 4.13. The maximum atomic E-state index is 8.78. The summed E-state index contributed by atoms with van der Waals surface area (Å²) in [5.41, 5.74) is 3.81. The van der Waals surface area contributed by atoms with Crippen LogP contribution in [0.5, 0.6) is 0 Å². The molecule has 0 N–H and O–H groups in total. The first-order valence-electron chi connectivity index (χ1n) is 5.23. The number of nitriles is 1. The lowest BCUT2D eigenvalue weighted by Gasteiger charge is -2.23. The van der Waals surface area contributed by atoms with E-state index in [2.05, 4.69) is 43.0 Å². The van der Waals surface area contributed by atoms with Crippen LogP contribution in [0.3, 0.4) is 0 Å². The SMILES string of the molecule is Cc1cccc(N(C)CC(C)C#N)c1C. The number of anilines is 1. The summed E-state index contributed by atoms with van der Waals surface area (Å²) in [5.74, 6) is 0.0647. The van der Waals surface area contributed by atoms with Gasteiger partial charge in [0.2, 0.25) is 0 Å². The molecule has 1 unspecified atom stereocenters. The largest absolute Gasteiger partial charge is 0.373 e. The minimum Gasteiger partial charge on any atom is -0.373 e. The fraction of sp³-hybridized carbons (Fsp3) is 0.462. The lowest BCUT2D eigenvalue weighted by atomic mass is 10.1. The molecule has 0 bridgehead atoms. The van der Waals surface area contributed by atoms with Crippen LogP contribution in [0.2, 0.25) is 0 Å². The van der Waals surface area contributed by atoms with Gasteiger partial charge in [0, 0.05) is 19.3 Å². The number of hydrogen-bond donors (Lipinski definition) is 0. The Hall–Kier alpha value is -1.49. The molecule has 0 aromatic heterocycles. The van der Waals surface area contributed by atoms with Crippen molar-refractivity contribution in [1.29, 1.82) is 5.26 Å². The van der Waals surface area contributed by atoms with Gasteiger partial charge in [-0.05, 0) is 38.0 Å². The van der Waals surface area contributed by atoms with E-state index in [0.29, 0.717) is 0 Å². The molecule has 1 aromatic rings. The molecule has 2 nitrogen and oxygen atoms in total. The maximum Gasteiger partial charge on any atom is 0.0671 e. The Bertz CT molecular complexity index is 377. The lowest BCUT2D eigenvalue weighted by Crippen LogP contribution is -2.24. The van der Waals surface area contributed by atoms with Crippen molar-refractivity contribution in [3.05, 3.63) is 29.3 Å². The van der Waals surface area contributed by atoms with E-state index in [9.17, 15) is 0 Å². The molecule has 1 atom stereocenters. The van der Waals surface area contributed by atoms with Gasteiger partial charge in [-0.2, -0.15) is 5.26 Å². The molecule has 0 fully saturated rings. The van der Waals surface area contributed by atoms with E-state index in [4.69, 9.17) is 5.26 Å². The normalized spacial score (nSPS) is 11.9. The number of hydrogen-bond acceptors (Lipinski definition) is 2. The summed E-state index contributed by atoms with van der Waals surface area (Å²) in [4.78, 5) is 2.15. The highest BCUT2D eigenvalue weighted by Gasteiger charge is 2.09. The molecule has 0 saturated carbocycles. The molecular weight excluding hydrogens is 184 g/mol. The zero-order chi connectivity index (χ0) is 11.4. The molecule has 1 rings (SSSR count). The standard InChI is InChI=1S/C13H18N2/c1-10(8-14)9-15(4)13-7-5-6-11(2)12(13)3/h5-7,10H,9H2,1-4H3. The van der Waals surface area contributed by atoms with Gasteiger partial charge in [0.15, 0.2) is 0 Å². The zero-order valence-electron chi connectivity index (χ0n) is 9.91. The Labute approximate surface area is 92.1 Å². The van der Waals surface area contributed by atoms with Gasteiger partial charge in [-0.25, -0.2) is 0 Å². The molecule has 2 heteroatoms. The summed E-state index contributed by atoms with van der Waals surface area (Å²) in [7, 11) is 2.04. The van der Waals surface area contributed by atoms with Crippen LogP contribution in [0.1, 0.15) is 18.1 Å². The summed E-state index contributed by atoms with van der Waals surface area (Å²) in [6, 6.07) is 8.53. The van der Waals surface area contributed by atoms with Crippen molar-refractivity contribution in [3.63, 3.8) is 0 Å².